The number of carbonyl (C=O) groups excluding carboxylic acids is 2. The van der Waals surface area contributed by atoms with Gasteiger partial charge in [-0.2, -0.15) is 13.2 Å². The third-order valence-corrected chi connectivity index (χ3v) is 5.52. The molecule has 1 unspecified atom stereocenters. The molecule has 2 aromatic carbocycles. The first kappa shape index (κ1) is 25.1. The zero-order valence-corrected chi connectivity index (χ0v) is 18.2. The Bertz CT molecular complexity index is 996. The van der Waals surface area contributed by atoms with Gasteiger partial charge in [-0.3, -0.25) is 9.59 Å². The van der Waals surface area contributed by atoms with Gasteiger partial charge in [0.2, 0.25) is 5.91 Å². The first-order valence-corrected chi connectivity index (χ1v) is 10.8. The maximum atomic E-state index is 12.4. The highest BCUT2D eigenvalue weighted by atomic mass is 19.4. The standard InChI is InChI=1S/C24H25F3N2O5/c25-24(26,27)11-5-6-12-28-22(32)20(13-21(30)31)29-23(33)34-14-19-17-9-3-1-7-15(17)16-8-2-4-10-18(16)19/h1-4,7-10,19-20H,5-6,11-14H2,(H,28,32)(H,29,33)(H,30,31). The summed E-state index contributed by atoms with van der Waals surface area (Å²) in [5.74, 6) is -2.34. The molecule has 0 spiro atoms. The molecule has 1 atom stereocenters. The number of benzene rings is 2. The van der Waals surface area contributed by atoms with Crippen LogP contribution in [0.4, 0.5) is 18.0 Å². The lowest BCUT2D eigenvalue weighted by molar-refractivity contribution is -0.140. The first-order valence-electron chi connectivity index (χ1n) is 10.8. The molecule has 0 radical (unpaired) electrons. The van der Waals surface area contributed by atoms with E-state index >= 15 is 0 Å². The van der Waals surface area contributed by atoms with Crippen LogP contribution in [-0.2, 0) is 14.3 Å². The van der Waals surface area contributed by atoms with Crippen molar-refractivity contribution >= 4 is 18.0 Å². The summed E-state index contributed by atoms with van der Waals surface area (Å²) in [6.07, 6.45) is -7.01. The van der Waals surface area contributed by atoms with Crippen molar-refractivity contribution in [3.63, 3.8) is 0 Å². The van der Waals surface area contributed by atoms with Gasteiger partial charge in [-0.05, 0) is 35.1 Å². The van der Waals surface area contributed by atoms with Gasteiger partial charge >= 0.3 is 18.2 Å². The molecular formula is C24H25F3N2O5. The van der Waals surface area contributed by atoms with Crippen LogP contribution in [0.15, 0.2) is 48.5 Å². The Kier molecular flexibility index (Phi) is 8.14. The van der Waals surface area contributed by atoms with E-state index < -0.39 is 43.0 Å². The fourth-order valence-electron chi connectivity index (χ4n) is 3.95. The van der Waals surface area contributed by atoms with Gasteiger partial charge in [0.05, 0.1) is 6.42 Å². The molecule has 3 N–H and O–H groups in total. The molecule has 10 heteroatoms. The molecule has 3 rings (SSSR count). The topological polar surface area (TPSA) is 105 Å². The minimum absolute atomic E-state index is 0.0152. The van der Waals surface area contributed by atoms with Crippen LogP contribution in [0.5, 0.6) is 0 Å². The number of halogens is 3. The summed E-state index contributed by atoms with van der Waals surface area (Å²) in [5.41, 5.74) is 4.08. The molecular weight excluding hydrogens is 453 g/mol. The fraction of sp³-hybridized carbons (Fsp3) is 0.375. The highest BCUT2D eigenvalue weighted by molar-refractivity contribution is 5.89. The van der Waals surface area contributed by atoms with Crippen LogP contribution in [0.1, 0.15) is 42.7 Å². The lowest BCUT2D eigenvalue weighted by Gasteiger charge is -2.18. The highest BCUT2D eigenvalue weighted by Crippen LogP contribution is 2.44. The molecule has 7 nitrogen and oxygen atoms in total. The number of rotatable bonds is 10. The third kappa shape index (κ3) is 6.72. The van der Waals surface area contributed by atoms with Crippen LogP contribution in [0.25, 0.3) is 11.1 Å². The number of alkyl carbamates (subject to hydrolysis) is 1. The number of unbranched alkanes of at least 4 members (excludes halogenated alkanes) is 1. The zero-order chi connectivity index (χ0) is 24.7. The SMILES string of the molecule is O=C(O)CC(NC(=O)OCC1c2ccccc2-c2ccccc21)C(=O)NCCCCC(F)(F)F. The number of aliphatic carboxylic acids is 1. The number of amides is 2. The zero-order valence-electron chi connectivity index (χ0n) is 18.2. The Balaban J connectivity index is 1.55. The molecule has 0 heterocycles. The second-order valence-electron chi connectivity index (χ2n) is 7.98. The predicted molar refractivity (Wildman–Crippen MR) is 117 cm³/mol. The number of ether oxygens (including phenoxy) is 1. The summed E-state index contributed by atoms with van der Waals surface area (Å²) < 4.78 is 41.9. The van der Waals surface area contributed by atoms with E-state index in [1.54, 1.807) is 0 Å². The Morgan fingerprint density at radius 3 is 2.12 bits per heavy atom. The lowest BCUT2D eigenvalue weighted by atomic mass is 9.98. The smallest absolute Gasteiger partial charge is 0.407 e. The van der Waals surface area contributed by atoms with Crippen LogP contribution in [0.3, 0.4) is 0 Å². The average molecular weight is 478 g/mol. The van der Waals surface area contributed by atoms with E-state index in [0.29, 0.717) is 0 Å². The van der Waals surface area contributed by atoms with Gasteiger partial charge in [0, 0.05) is 18.9 Å². The number of carboxylic acid groups (broad SMARTS) is 1. The maximum Gasteiger partial charge on any atom is 0.407 e. The Morgan fingerprint density at radius 2 is 1.56 bits per heavy atom. The molecule has 182 valence electrons. The van der Waals surface area contributed by atoms with E-state index in [4.69, 9.17) is 9.84 Å². The molecule has 0 bridgehead atoms. The van der Waals surface area contributed by atoms with E-state index in [2.05, 4.69) is 10.6 Å². The largest absolute Gasteiger partial charge is 0.481 e. The van der Waals surface area contributed by atoms with E-state index in [-0.39, 0.29) is 31.9 Å². The molecule has 2 amide bonds. The van der Waals surface area contributed by atoms with Crippen molar-refractivity contribution < 1.29 is 37.4 Å². The van der Waals surface area contributed by atoms with Gasteiger partial charge in [-0.15, -0.1) is 0 Å². The summed E-state index contributed by atoms with van der Waals surface area (Å²) in [5, 5.41) is 13.7. The van der Waals surface area contributed by atoms with Crippen molar-refractivity contribution in [1.82, 2.24) is 10.6 Å². The van der Waals surface area contributed by atoms with Crippen molar-refractivity contribution in [3.05, 3.63) is 59.7 Å². The second kappa shape index (κ2) is 11.0. The van der Waals surface area contributed by atoms with Gasteiger partial charge in [-0.1, -0.05) is 48.5 Å². The monoisotopic (exact) mass is 478 g/mol. The molecule has 0 saturated carbocycles. The van der Waals surface area contributed by atoms with E-state index in [1.165, 1.54) is 0 Å². The van der Waals surface area contributed by atoms with E-state index in [0.717, 1.165) is 22.3 Å². The number of carbonyl (C=O) groups is 3. The Labute approximate surface area is 194 Å². The minimum atomic E-state index is -4.28. The van der Waals surface area contributed by atoms with Crippen molar-refractivity contribution in [3.8, 4) is 11.1 Å². The van der Waals surface area contributed by atoms with Gasteiger partial charge in [-0.25, -0.2) is 4.79 Å². The molecule has 1 aliphatic rings. The number of fused-ring (bicyclic) bond motifs is 3. The van der Waals surface area contributed by atoms with Crippen molar-refractivity contribution in [2.75, 3.05) is 13.2 Å². The lowest BCUT2D eigenvalue weighted by Crippen LogP contribution is -2.48. The van der Waals surface area contributed by atoms with Gasteiger partial charge in [0.15, 0.2) is 0 Å². The summed E-state index contributed by atoms with van der Waals surface area (Å²) in [7, 11) is 0. The highest BCUT2D eigenvalue weighted by Gasteiger charge is 2.30. The number of nitrogens with one attached hydrogen (secondary N) is 2. The summed E-state index contributed by atoms with van der Waals surface area (Å²) in [6, 6.07) is 14.1. The molecule has 0 fully saturated rings. The van der Waals surface area contributed by atoms with Crippen LogP contribution >= 0.6 is 0 Å². The van der Waals surface area contributed by atoms with Gasteiger partial charge in [0.25, 0.3) is 0 Å². The van der Waals surface area contributed by atoms with Gasteiger partial charge in [0.1, 0.15) is 12.6 Å². The van der Waals surface area contributed by atoms with Crippen molar-refractivity contribution in [2.45, 2.75) is 43.8 Å². The quantitative estimate of drug-likeness (QED) is 0.444. The first-order chi connectivity index (χ1) is 16.2. The third-order valence-electron chi connectivity index (χ3n) is 5.52. The molecule has 0 aromatic heterocycles. The Hall–Kier alpha value is -3.56. The van der Waals surface area contributed by atoms with E-state index in [1.807, 2.05) is 48.5 Å². The predicted octanol–water partition coefficient (Wildman–Crippen LogP) is 4.22. The maximum absolute atomic E-state index is 12.4. The summed E-state index contributed by atoms with van der Waals surface area (Å²) in [4.78, 5) is 35.8. The molecule has 34 heavy (non-hydrogen) atoms. The number of alkyl halides is 3. The molecule has 0 saturated heterocycles. The van der Waals surface area contributed by atoms with Crippen LogP contribution < -0.4 is 10.6 Å². The van der Waals surface area contributed by atoms with Gasteiger partial charge < -0.3 is 20.5 Å². The Morgan fingerprint density at radius 1 is 0.971 bits per heavy atom. The molecule has 2 aromatic rings. The number of hydrogen-bond donors (Lipinski definition) is 3. The van der Waals surface area contributed by atoms with Crippen LogP contribution in [0.2, 0.25) is 0 Å². The summed E-state index contributed by atoms with van der Waals surface area (Å²) in [6.45, 7) is -0.0872. The normalized spacial score (nSPS) is 13.5. The molecule has 1 aliphatic carbocycles. The number of hydrogen-bond acceptors (Lipinski definition) is 4. The van der Waals surface area contributed by atoms with Crippen LogP contribution in [-0.4, -0.2) is 48.4 Å². The number of carboxylic acids is 1. The van der Waals surface area contributed by atoms with E-state index in [9.17, 15) is 27.6 Å². The second-order valence-corrected chi connectivity index (χ2v) is 7.98. The fourth-order valence-corrected chi connectivity index (χ4v) is 3.95. The molecule has 0 aliphatic heterocycles. The summed E-state index contributed by atoms with van der Waals surface area (Å²) >= 11 is 0. The van der Waals surface area contributed by atoms with Crippen molar-refractivity contribution in [1.29, 1.82) is 0 Å². The minimum Gasteiger partial charge on any atom is -0.481 e. The average Bonchev–Trinajstić information content (AvgIpc) is 3.09. The van der Waals surface area contributed by atoms with Crippen molar-refractivity contribution in [2.24, 2.45) is 0 Å². The van der Waals surface area contributed by atoms with Crippen LogP contribution in [0, 0.1) is 0 Å².